The van der Waals surface area contributed by atoms with Crippen molar-refractivity contribution in [2.24, 2.45) is 0 Å². The zero-order valence-corrected chi connectivity index (χ0v) is 14.1. The Morgan fingerprint density at radius 3 is 2.39 bits per heavy atom. The Labute approximate surface area is 137 Å². The average Bonchev–Trinajstić information content (AvgIpc) is 2.60. The summed E-state index contributed by atoms with van der Waals surface area (Å²) < 4.78 is 16.4. The number of nitrogens with one attached hydrogen (secondary N) is 2. The van der Waals surface area contributed by atoms with E-state index < -0.39 is 5.60 Å². The van der Waals surface area contributed by atoms with Gasteiger partial charge in [0.1, 0.15) is 23.2 Å². The molecule has 0 aromatic heterocycles. The molecule has 2 rings (SSSR count). The van der Waals surface area contributed by atoms with Gasteiger partial charge >= 0.3 is 0 Å². The maximum atomic E-state index is 12.5. The van der Waals surface area contributed by atoms with Crippen LogP contribution in [0.1, 0.15) is 19.8 Å². The summed E-state index contributed by atoms with van der Waals surface area (Å²) in [4.78, 5) is 12.5. The Morgan fingerprint density at radius 1 is 1.22 bits per heavy atom. The third kappa shape index (κ3) is 4.59. The van der Waals surface area contributed by atoms with Gasteiger partial charge < -0.3 is 24.8 Å². The summed E-state index contributed by atoms with van der Waals surface area (Å²) in [5, 5.41) is 6.19. The topological polar surface area (TPSA) is 68.8 Å². The maximum Gasteiger partial charge on any atom is 0.252 e. The van der Waals surface area contributed by atoms with Crippen molar-refractivity contribution in [3.05, 3.63) is 24.3 Å². The summed E-state index contributed by atoms with van der Waals surface area (Å²) in [5.41, 5.74) is -0.717. The Balaban J connectivity index is 1.82. The quantitative estimate of drug-likeness (QED) is 0.793. The number of rotatable bonds is 7. The molecule has 2 N–H and O–H groups in total. The zero-order chi connectivity index (χ0) is 16.7. The van der Waals surface area contributed by atoms with Gasteiger partial charge in [-0.2, -0.15) is 0 Å². The molecule has 1 heterocycles. The van der Waals surface area contributed by atoms with Crippen molar-refractivity contribution in [3.63, 3.8) is 0 Å². The van der Waals surface area contributed by atoms with Crippen LogP contribution < -0.4 is 20.1 Å². The minimum atomic E-state index is -0.717. The van der Waals surface area contributed by atoms with Gasteiger partial charge in [-0.3, -0.25) is 4.79 Å². The van der Waals surface area contributed by atoms with E-state index in [1.165, 1.54) is 0 Å². The summed E-state index contributed by atoms with van der Waals surface area (Å²) >= 11 is 0. The molecule has 1 fully saturated rings. The van der Waals surface area contributed by atoms with Crippen molar-refractivity contribution in [1.82, 2.24) is 10.6 Å². The summed E-state index contributed by atoms with van der Waals surface area (Å²) in [5.74, 6) is 1.47. The number of piperidine rings is 1. The highest BCUT2D eigenvalue weighted by Gasteiger charge is 2.39. The third-order valence-electron chi connectivity index (χ3n) is 4.16. The lowest BCUT2D eigenvalue weighted by atomic mass is 9.91. The highest BCUT2D eigenvalue weighted by atomic mass is 16.5. The Kier molecular flexibility index (Phi) is 6.24. The second-order valence-corrected chi connectivity index (χ2v) is 5.76. The molecule has 1 aromatic carbocycles. The van der Waals surface area contributed by atoms with Crippen LogP contribution in [0.15, 0.2) is 24.3 Å². The monoisotopic (exact) mass is 322 g/mol. The summed E-state index contributed by atoms with van der Waals surface area (Å²) in [6.07, 6.45) is 1.23. The van der Waals surface area contributed by atoms with E-state index in [1.54, 1.807) is 14.2 Å². The van der Waals surface area contributed by atoms with Gasteiger partial charge in [0, 0.05) is 7.11 Å². The van der Waals surface area contributed by atoms with Gasteiger partial charge in [-0.1, -0.05) is 0 Å². The van der Waals surface area contributed by atoms with E-state index in [1.807, 2.05) is 31.2 Å². The van der Waals surface area contributed by atoms with Gasteiger partial charge in [0.15, 0.2) is 0 Å². The lowest BCUT2D eigenvalue weighted by molar-refractivity contribution is -0.147. The molecule has 0 aliphatic carbocycles. The first-order valence-electron chi connectivity index (χ1n) is 7.94. The first-order chi connectivity index (χ1) is 11.1. The predicted molar refractivity (Wildman–Crippen MR) is 87.9 cm³/mol. The Hall–Kier alpha value is -1.79. The van der Waals surface area contributed by atoms with Gasteiger partial charge in [-0.15, -0.1) is 0 Å². The van der Waals surface area contributed by atoms with Crippen LogP contribution in [0.5, 0.6) is 11.5 Å². The minimum absolute atomic E-state index is 0.0633. The molecule has 0 saturated carbocycles. The second kappa shape index (κ2) is 8.17. The van der Waals surface area contributed by atoms with Crippen LogP contribution in [0.25, 0.3) is 0 Å². The number of hydrogen-bond donors (Lipinski definition) is 2. The molecule has 0 bridgehead atoms. The molecule has 6 heteroatoms. The van der Waals surface area contributed by atoms with Crippen LogP contribution in [0.4, 0.5) is 0 Å². The third-order valence-corrected chi connectivity index (χ3v) is 4.16. The Bertz CT molecular complexity index is 498. The summed E-state index contributed by atoms with van der Waals surface area (Å²) in [6, 6.07) is 7.38. The minimum Gasteiger partial charge on any atom is -0.497 e. The first kappa shape index (κ1) is 17.6. The number of benzene rings is 1. The van der Waals surface area contributed by atoms with Crippen LogP contribution in [-0.4, -0.2) is 51.5 Å². The molecule has 1 aliphatic heterocycles. The first-order valence-corrected chi connectivity index (χ1v) is 7.94. The van der Waals surface area contributed by atoms with Crippen LogP contribution in [0.2, 0.25) is 0 Å². The standard InChI is InChI=1S/C17H26N2O4/c1-13(23-15-6-4-14(21-2)5-7-15)12-19-16(20)17(22-3)8-10-18-11-9-17/h4-7,13,18H,8-12H2,1-3H3,(H,19,20). The van der Waals surface area contributed by atoms with E-state index >= 15 is 0 Å². The highest BCUT2D eigenvalue weighted by Crippen LogP contribution is 2.22. The summed E-state index contributed by atoms with van der Waals surface area (Å²) in [7, 11) is 3.22. The van der Waals surface area contributed by atoms with Gasteiger partial charge in [0.05, 0.1) is 13.7 Å². The van der Waals surface area contributed by atoms with Gasteiger partial charge in [0.25, 0.3) is 5.91 Å². The van der Waals surface area contributed by atoms with Gasteiger partial charge in [0.2, 0.25) is 0 Å². The molecule has 23 heavy (non-hydrogen) atoms. The fourth-order valence-electron chi connectivity index (χ4n) is 2.68. The van der Waals surface area contributed by atoms with E-state index in [2.05, 4.69) is 10.6 Å². The molecule has 1 amide bonds. The predicted octanol–water partition coefficient (Wildman–Crippen LogP) is 1.35. The molecule has 1 unspecified atom stereocenters. The van der Waals surface area contributed by atoms with Crippen LogP contribution >= 0.6 is 0 Å². The highest BCUT2D eigenvalue weighted by molar-refractivity contribution is 5.85. The van der Waals surface area contributed by atoms with E-state index in [0.29, 0.717) is 19.4 Å². The number of amides is 1. The SMILES string of the molecule is COc1ccc(OC(C)CNC(=O)C2(OC)CCNCC2)cc1. The van der Waals surface area contributed by atoms with E-state index in [4.69, 9.17) is 14.2 Å². The molecule has 1 atom stereocenters. The second-order valence-electron chi connectivity index (χ2n) is 5.76. The van der Waals surface area contributed by atoms with E-state index in [-0.39, 0.29) is 12.0 Å². The van der Waals surface area contributed by atoms with Crippen LogP contribution in [0, 0.1) is 0 Å². The van der Waals surface area contributed by atoms with Gasteiger partial charge in [-0.25, -0.2) is 0 Å². The lowest BCUT2D eigenvalue weighted by Gasteiger charge is -2.35. The maximum absolute atomic E-state index is 12.5. The van der Waals surface area contributed by atoms with E-state index in [9.17, 15) is 4.79 Å². The van der Waals surface area contributed by atoms with Crippen molar-refractivity contribution < 1.29 is 19.0 Å². The molecule has 1 saturated heterocycles. The molecular weight excluding hydrogens is 296 g/mol. The van der Waals surface area contributed by atoms with Crippen molar-refractivity contribution in [3.8, 4) is 11.5 Å². The number of carbonyl (C=O) groups excluding carboxylic acids is 1. The number of methoxy groups -OCH3 is 2. The van der Waals surface area contributed by atoms with Crippen LogP contribution in [0.3, 0.4) is 0 Å². The molecule has 0 spiro atoms. The fourth-order valence-corrected chi connectivity index (χ4v) is 2.68. The molecule has 6 nitrogen and oxygen atoms in total. The zero-order valence-electron chi connectivity index (χ0n) is 14.1. The Morgan fingerprint density at radius 2 is 1.83 bits per heavy atom. The fraction of sp³-hybridized carbons (Fsp3) is 0.588. The molecule has 1 aromatic rings. The molecule has 0 radical (unpaired) electrons. The van der Waals surface area contributed by atoms with Crippen molar-refractivity contribution in [2.45, 2.75) is 31.5 Å². The van der Waals surface area contributed by atoms with Crippen LogP contribution in [-0.2, 0) is 9.53 Å². The average molecular weight is 322 g/mol. The molecular formula is C17H26N2O4. The lowest BCUT2D eigenvalue weighted by Crippen LogP contribution is -2.55. The van der Waals surface area contributed by atoms with Gasteiger partial charge in [-0.05, 0) is 57.1 Å². The summed E-state index contributed by atoms with van der Waals surface area (Å²) in [6.45, 7) is 3.94. The number of carbonyl (C=O) groups is 1. The van der Waals surface area contributed by atoms with Crippen molar-refractivity contribution in [2.75, 3.05) is 33.9 Å². The molecule has 128 valence electrons. The largest absolute Gasteiger partial charge is 0.497 e. The van der Waals surface area contributed by atoms with Crippen molar-refractivity contribution >= 4 is 5.91 Å². The smallest absolute Gasteiger partial charge is 0.252 e. The number of ether oxygens (including phenoxy) is 3. The normalized spacial score (nSPS) is 18.0. The molecule has 1 aliphatic rings. The van der Waals surface area contributed by atoms with E-state index in [0.717, 1.165) is 24.6 Å². The van der Waals surface area contributed by atoms with Crippen molar-refractivity contribution in [1.29, 1.82) is 0 Å². The number of hydrogen-bond acceptors (Lipinski definition) is 5.